The van der Waals surface area contributed by atoms with Crippen LogP contribution in [0.4, 0.5) is 5.69 Å². The van der Waals surface area contributed by atoms with Crippen LogP contribution >= 0.6 is 15.9 Å². The maximum absolute atomic E-state index is 13.5. The summed E-state index contributed by atoms with van der Waals surface area (Å²) in [6, 6.07) is 21.2. The van der Waals surface area contributed by atoms with Crippen LogP contribution in [0.2, 0.25) is 0 Å². The molecule has 0 aliphatic carbocycles. The molecule has 5 nitrogen and oxygen atoms in total. The first-order valence-corrected chi connectivity index (χ1v) is 12.0. The van der Waals surface area contributed by atoms with Crippen LogP contribution < -0.4 is 4.90 Å². The second-order valence-corrected chi connectivity index (χ2v) is 10.0. The minimum absolute atomic E-state index is 0.0252. The zero-order valence-electron chi connectivity index (χ0n) is 16.7. The van der Waals surface area contributed by atoms with Crippen molar-refractivity contribution in [2.45, 2.75) is 24.3 Å². The van der Waals surface area contributed by atoms with Crippen LogP contribution in [0.5, 0.6) is 0 Å². The molecule has 0 aromatic heterocycles. The van der Waals surface area contributed by atoms with Crippen molar-refractivity contribution in [1.29, 1.82) is 0 Å². The van der Waals surface area contributed by atoms with Gasteiger partial charge < -0.3 is 5.11 Å². The Labute approximate surface area is 189 Å². The number of sulfone groups is 1. The molecule has 3 aromatic carbocycles. The third-order valence-electron chi connectivity index (χ3n) is 5.31. The number of anilines is 1. The molecular weight excluding hydrogens is 478 g/mol. The van der Waals surface area contributed by atoms with E-state index in [1.807, 2.05) is 31.2 Å². The number of halogens is 1. The zero-order chi connectivity index (χ0) is 22.2. The Morgan fingerprint density at radius 2 is 1.55 bits per heavy atom. The number of benzene rings is 3. The summed E-state index contributed by atoms with van der Waals surface area (Å²) < 4.78 is 27.9. The topological polar surface area (TPSA) is 74.7 Å². The van der Waals surface area contributed by atoms with Gasteiger partial charge in [0.25, 0.3) is 5.91 Å². The lowest BCUT2D eigenvalue weighted by Gasteiger charge is -2.27. The van der Waals surface area contributed by atoms with E-state index >= 15 is 0 Å². The molecule has 0 radical (unpaired) electrons. The highest BCUT2D eigenvalue weighted by molar-refractivity contribution is 9.10. The molecule has 0 bridgehead atoms. The highest BCUT2D eigenvalue weighted by Gasteiger charge is 2.47. The molecule has 0 spiro atoms. The molecule has 0 saturated heterocycles. The van der Waals surface area contributed by atoms with Gasteiger partial charge in [0.1, 0.15) is 10.9 Å². The molecule has 0 saturated carbocycles. The van der Waals surface area contributed by atoms with Crippen molar-refractivity contribution >= 4 is 37.4 Å². The van der Waals surface area contributed by atoms with Crippen LogP contribution in [0.25, 0.3) is 0 Å². The molecule has 1 heterocycles. The van der Waals surface area contributed by atoms with Crippen molar-refractivity contribution in [2.24, 2.45) is 0 Å². The minimum Gasteiger partial charge on any atom is -0.502 e. The van der Waals surface area contributed by atoms with Gasteiger partial charge in [-0.25, -0.2) is 8.42 Å². The fraction of sp³-hybridized carbons (Fsp3) is 0.125. The summed E-state index contributed by atoms with van der Waals surface area (Å²) >= 11 is 3.37. The molecule has 3 aromatic rings. The van der Waals surface area contributed by atoms with Crippen molar-refractivity contribution < 1.29 is 18.3 Å². The number of aliphatic hydroxyl groups is 1. The minimum atomic E-state index is -4.13. The van der Waals surface area contributed by atoms with E-state index in [0.717, 1.165) is 16.5 Å². The van der Waals surface area contributed by atoms with Crippen LogP contribution in [-0.4, -0.2) is 19.4 Å². The summed E-state index contributed by atoms with van der Waals surface area (Å²) in [7, 11) is -4.13. The molecule has 0 fully saturated rings. The average Bonchev–Trinajstić information content (AvgIpc) is 3.06. The van der Waals surface area contributed by atoms with Gasteiger partial charge >= 0.3 is 0 Å². The van der Waals surface area contributed by atoms with Crippen molar-refractivity contribution in [3.05, 3.63) is 105 Å². The molecule has 1 aliphatic rings. The summed E-state index contributed by atoms with van der Waals surface area (Å²) in [5.74, 6) is -1.50. The number of rotatable bonds is 5. The molecule has 31 heavy (non-hydrogen) atoms. The lowest BCUT2D eigenvalue weighted by Crippen LogP contribution is -2.31. The number of hydrogen-bond acceptors (Lipinski definition) is 4. The average molecular weight is 498 g/mol. The van der Waals surface area contributed by atoms with E-state index in [4.69, 9.17) is 0 Å². The highest BCUT2D eigenvalue weighted by atomic mass is 79.9. The number of aryl methyl sites for hydroxylation is 1. The van der Waals surface area contributed by atoms with Gasteiger partial charge in [0, 0.05) is 10.2 Å². The molecule has 1 N–H and O–H groups in total. The van der Waals surface area contributed by atoms with Crippen molar-refractivity contribution in [2.75, 3.05) is 4.90 Å². The van der Waals surface area contributed by atoms with Crippen LogP contribution in [0.3, 0.4) is 0 Å². The summed E-state index contributed by atoms with van der Waals surface area (Å²) in [5.41, 5.74) is 2.18. The number of hydrogen-bond donors (Lipinski definition) is 1. The van der Waals surface area contributed by atoms with E-state index in [1.54, 1.807) is 42.5 Å². The monoisotopic (exact) mass is 497 g/mol. The zero-order valence-corrected chi connectivity index (χ0v) is 19.1. The lowest BCUT2D eigenvalue weighted by molar-refractivity contribution is -0.117. The number of aliphatic hydroxyl groups excluding tert-OH is 1. The number of amides is 1. The van der Waals surface area contributed by atoms with Crippen LogP contribution in [0.1, 0.15) is 24.1 Å². The van der Waals surface area contributed by atoms with Gasteiger partial charge in [-0.05, 0) is 53.9 Å². The Morgan fingerprint density at radius 1 is 0.935 bits per heavy atom. The SMILES string of the molecule is CCc1ccc(C2C(S(=O)(=O)c3ccccc3)=C(O)C(=O)N2c2ccc(Br)cc2)cc1. The number of carbonyl (C=O) groups excluding carboxylic acids is 1. The van der Waals surface area contributed by atoms with E-state index in [0.29, 0.717) is 11.3 Å². The van der Waals surface area contributed by atoms with Gasteiger partial charge in [-0.3, -0.25) is 9.69 Å². The first-order chi connectivity index (χ1) is 14.8. The number of nitrogens with zero attached hydrogens (tertiary/aromatic N) is 1. The maximum Gasteiger partial charge on any atom is 0.295 e. The second-order valence-electron chi connectivity index (χ2n) is 7.18. The maximum atomic E-state index is 13.5. The van der Waals surface area contributed by atoms with Crippen LogP contribution in [0, 0.1) is 0 Å². The molecule has 1 unspecified atom stereocenters. The van der Waals surface area contributed by atoms with Crippen molar-refractivity contribution in [3.63, 3.8) is 0 Å². The van der Waals surface area contributed by atoms with Gasteiger partial charge in [-0.1, -0.05) is 65.3 Å². The standard InChI is InChI=1S/C24H20BrNO4S/c1-2-16-8-10-17(11-9-16)21-23(31(29,30)20-6-4-3-5-7-20)22(27)24(28)26(21)19-14-12-18(25)13-15-19/h3-15,21,27H,2H2,1H3. The normalized spacial score (nSPS) is 16.8. The first-order valence-electron chi connectivity index (χ1n) is 9.76. The third kappa shape index (κ3) is 3.79. The molecule has 1 atom stereocenters. The predicted octanol–water partition coefficient (Wildman–Crippen LogP) is 5.34. The van der Waals surface area contributed by atoms with Gasteiger partial charge in [0.05, 0.1) is 4.90 Å². The van der Waals surface area contributed by atoms with E-state index in [-0.39, 0.29) is 9.80 Å². The summed E-state index contributed by atoms with van der Waals surface area (Å²) in [6.07, 6.45) is 0.830. The predicted molar refractivity (Wildman–Crippen MR) is 123 cm³/mol. The van der Waals surface area contributed by atoms with Gasteiger partial charge in [-0.2, -0.15) is 0 Å². The van der Waals surface area contributed by atoms with Crippen LogP contribution in [-0.2, 0) is 21.1 Å². The summed E-state index contributed by atoms with van der Waals surface area (Å²) in [4.78, 5) is 14.2. The van der Waals surface area contributed by atoms with Gasteiger partial charge in [0.15, 0.2) is 5.76 Å². The Balaban J connectivity index is 1.93. The molecule has 7 heteroatoms. The molecule has 1 amide bonds. The fourth-order valence-corrected chi connectivity index (χ4v) is 5.60. The molecule has 158 valence electrons. The van der Waals surface area contributed by atoms with Crippen molar-refractivity contribution in [1.82, 2.24) is 0 Å². The number of carbonyl (C=O) groups is 1. The highest BCUT2D eigenvalue weighted by Crippen LogP contribution is 2.44. The quantitative estimate of drug-likeness (QED) is 0.515. The summed E-state index contributed by atoms with van der Waals surface area (Å²) in [5, 5.41) is 10.8. The van der Waals surface area contributed by atoms with E-state index in [1.165, 1.54) is 17.0 Å². The third-order valence-corrected chi connectivity index (χ3v) is 7.73. The van der Waals surface area contributed by atoms with E-state index in [9.17, 15) is 18.3 Å². The molecular formula is C24H20BrNO4S. The first kappa shape index (κ1) is 21.3. The molecule has 4 rings (SSSR count). The Morgan fingerprint density at radius 3 is 2.13 bits per heavy atom. The fourth-order valence-electron chi connectivity index (χ4n) is 3.69. The summed E-state index contributed by atoms with van der Waals surface area (Å²) in [6.45, 7) is 2.03. The lowest BCUT2D eigenvalue weighted by atomic mass is 10.0. The Bertz CT molecular complexity index is 1250. The molecule has 1 aliphatic heterocycles. The van der Waals surface area contributed by atoms with Crippen LogP contribution in [0.15, 0.2) is 98.9 Å². The van der Waals surface area contributed by atoms with Crippen molar-refractivity contribution in [3.8, 4) is 0 Å². The van der Waals surface area contributed by atoms with E-state index in [2.05, 4.69) is 15.9 Å². The van der Waals surface area contributed by atoms with Gasteiger partial charge in [0.2, 0.25) is 9.84 Å². The van der Waals surface area contributed by atoms with E-state index < -0.39 is 27.5 Å². The Hall–Kier alpha value is -2.90. The van der Waals surface area contributed by atoms with Gasteiger partial charge in [-0.15, -0.1) is 0 Å². The Kier molecular flexibility index (Phi) is 5.73. The smallest absolute Gasteiger partial charge is 0.295 e. The second kappa shape index (κ2) is 8.32. The largest absolute Gasteiger partial charge is 0.502 e.